The number of carbonyl (C=O) groups excluding carboxylic acids is 1. The summed E-state index contributed by atoms with van der Waals surface area (Å²) < 4.78 is 0. The van der Waals surface area contributed by atoms with Gasteiger partial charge in [0.2, 0.25) is 5.91 Å². The van der Waals surface area contributed by atoms with Crippen molar-refractivity contribution in [2.24, 2.45) is 5.92 Å². The van der Waals surface area contributed by atoms with Crippen molar-refractivity contribution >= 4 is 5.91 Å². The Labute approximate surface area is 125 Å². The predicted molar refractivity (Wildman–Crippen MR) is 82.8 cm³/mol. The molecule has 1 aromatic carbocycles. The fourth-order valence-corrected chi connectivity index (χ4v) is 2.68. The van der Waals surface area contributed by atoms with Gasteiger partial charge in [-0.3, -0.25) is 9.78 Å². The Morgan fingerprint density at radius 2 is 2.00 bits per heavy atom. The monoisotopic (exact) mass is 280 g/mol. The Balaban J connectivity index is 1.59. The van der Waals surface area contributed by atoms with Gasteiger partial charge in [0.1, 0.15) is 0 Å². The van der Waals surface area contributed by atoms with Crippen molar-refractivity contribution in [2.45, 2.75) is 32.2 Å². The lowest BCUT2D eigenvalue weighted by Crippen LogP contribution is -2.28. The van der Waals surface area contributed by atoms with Crippen LogP contribution in [-0.4, -0.2) is 10.9 Å². The van der Waals surface area contributed by atoms with E-state index in [0.717, 1.165) is 17.7 Å². The quantitative estimate of drug-likeness (QED) is 0.933. The predicted octanol–water partition coefficient (Wildman–Crippen LogP) is 3.37. The minimum absolute atomic E-state index is 0.0462. The van der Waals surface area contributed by atoms with E-state index in [1.807, 2.05) is 50.4 Å². The van der Waals surface area contributed by atoms with Gasteiger partial charge < -0.3 is 5.32 Å². The first-order chi connectivity index (χ1) is 10.1. The number of hydrogen-bond donors (Lipinski definition) is 1. The van der Waals surface area contributed by atoms with Crippen molar-refractivity contribution in [1.29, 1.82) is 0 Å². The molecule has 0 aliphatic heterocycles. The topological polar surface area (TPSA) is 42.0 Å². The van der Waals surface area contributed by atoms with Crippen molar-refractivity contribution in [3.8, 4) is 0 Å². The van der Waals surface area contributed by atoms with Crippen LogP contribution in [0.5, 0.6) is 0 Å². The Bertz CT molecular complexity index is 621. The first-order valence-electron chi connectivity index (χ1n) is 7.43. The summed E-state index contributed by atoms with van der Waals surface area (Å²) in [4.78, 5) is 16.7. The zero-order chi connectivity index (χ0) is 14.8. The van der Waals surface area contributed by atoms with Gasteiger partial charge in [-0.15, -0.1) is 0 Å². The average molecular weight is 280 g/mol. The Morgan fingerprint density at radius 1 is 1.24 bits per heavy atom. The number of aromatic nitrogens is 1. The molecule has 3 heteroatoms. The molecule has 3 rings (SSSR count). The molecular formula is C18H20N2O. The number of nitrogens with one attached hydrogen (secondary N) is 1. The van der Waals surface area contributed by atoms with Gasteiger partial charge in [-0.25, -0.2) is 0 Å². The molecule has 0 saturated heterocycles. The number of nitrogens with zero attached hydrogens (tertiary/aromatic N) is 1. The van der Waals surface area contributed by atoms with Gasteiger partial charge in [0.25, 0.3) is 0 Å². The van der Waals surface area contributed by atoms with Crippen molar-refractivity contribution in [3.05, 3.63) is 65.5 Å². The van der Waals surface area contributed by atoms with Gasteiger partial charge in [0, 0.05) is 12.1 Å². The Kier molecular flexibility index (Phi) is 3.74. The molecule has 3 unspecified atom stereocenters. The van der Waals surface area contributed by atoms with Crippen LogP contribution < -0.4 is 5.32 Å². The van der Waals surface area contributed by atoms with Crippen LogP contribution in [0.2, 0.25) is 0 Å². The zero-order valence-corrected chi connectivity index (χ0v) is 12.4. The summed E-state index contributed by atoms with van der Waals surface area (Å²) in [7, 11) is 0. The number of rotatable bonds is 4. The molecule has 3 nitrogen and oxygen atoms in total. The van der Waals surface area contributed by atoms with Crippen LogP contribution in [0.25, 0.3) is 0 Å². The van der Waals surface area contributed by atoms with Gasteiger partial charge in [0.05, 0.1) is 11.7 Å². The number of amides is 1. The lowest BCUT2D eigenvalue weighted by atomic mass is 10.1. The second-order valence-corrected chi connectivity index (χ2v) is 5.85. The summed E-state index contributed by atoms with van der Waals surface area (Å²) >= 11 is 0. The molecule has 2 aromatic rings. The van der Waals surface area contributed by atoms with Crippen LogP contribution in [0, 0.1) is 12.8 Å². The van der Waals surface area contributed by atoms with Gasteiger partial charge in [-0.05, 0) is 43.4 Å². The van der Waals surface area contributed by atoms with E-state index in [4.69, 9.17) is 0 Å². The Hall–Kier alpha value is -2.16. The van der Waals surface area contributed by atoms with E-state index < -0.39 is 0 Å². The summed E-state index contributed by atoms with van der Waals surface area (Å²) in [6.07, 6.45) is 2.78. The molecule has 1 amide bonds. The minimum Gasteiger partial charge on any atom is -0.348 e. The molecule has 3 atom stereocenters. The van der Waals surface area contributed by atoms with E-state index in [-0.39, 0.29) is 17.9 Å². The second kappa shape index (κ2) is 5.68. The summed E-state index contributed by atoms with van der Waals surface area (Å²) in [5, 5.41) is 3.08. The molecule has 0 bridgehead atoms. The van der Waals surface area contributed by atoms with Crippen molar-refractivity contribution in [3.63, 3.8) is 0 Å². The highest BCUT2D eigenvalue weighted by Gasteiger charge is 2.44. The number of pyridine rings is 1. The van der Waals surface area contributed by atoms with Crippen LogP contribution in [0.3, 0.4) is 0 Å². The van der Waals surface area contributed by atoms with E-state index in [0.29, 0.717) is 5.92 Å². The normalized spacial score (nSPS) is 21.6. The Morgan fingerprint density at radius 3 is 2.67 bits per heavy atom. The molecule has 108 valence electrons. The highest BCUT2D eigenvalue weighted by atomic mass is 16.2. The summed E-state index contributed by atoms with van der Waals surface area (Å²) in [6.45, 7) is 3.99. The van der Waals surface area contributed by atoms with E-state index in [1.165, 1.54) is 5.56 Å². The fraction of sp³-hybridized carbons (Fsp3) is 0.333. The molecule has 0 radical (unpaired) electrons. The molecule has 1 aliphatic rings. The maximum Gasteiger partial charge on any atom is 0.224 e. The molecular weight excluding hydrogens is 260 g/mol. The number of benzene rings is 1. The smallest absolute Gasteiger partial charge is 0.224 e. The van der Waals surface area contributed by atoms with E-state index in [2.05, 4.69) is 22.4 Å². The number of carbonyl (C=O) groups is 1. The molecule has 1 aliphatic carbocycles. The van der Waals surface area contributed by atoms with Crippen molar-refractivity contribution < 1.29 is 4.79 Å². The molecule has 1 N–H and O–H groups in total. The zero-order valence-electron chi connectivity index (χ0n) is 12.4. The first-order valence-corrected chi connectivity index (χ1v) is 7.43. The second-order valence-electron chi connectivity index (χ2n) is 5.85. The van der Waals surface area contributed by atoms with Crippen LogP contribution in [0.1, 0.15) is 42.1 Å². The summed E-state index contributed by atoms with van der Waals surface area (Å²) in [5.41, 5.74) is 3.30. The number of aryl methyl sites for hydroxylation is 1. The van der Waals surface area contributed by atoms with Crippen molar-refractivity contribution in [2.75, 3.05) is 0 Å². The lowest BCUT2D eigenvalue weighted by Gasteiger charge is -2.13. The van der Waals surface area contributed by atoms with E-state index in [1.54, 1.807) is 0 Å². The highest BCUT2D eigenvalue weighted by molar-refractivity contribution is 5.83. The SMILES string of the molecule is Cc1ccc(C(C)NC(=O)C2CC2c2ccccc2)nc1. The van der Waals surface area contributed by atoms with Gasteiger partial charge in [0.15, 0.2) is 0 Å². The lowest BCUT2D eigenvalue weighted by molar-refractivity contribution is -0.123. The van der Waals surface area contributed by atoms with Crippen LogP contribution in [-0.2, 0) is 4.79 Å². The third-order valence-corrected chi connectivity index (χ3v) is 4.09. The van der Waals surface area contributed by atoms with Crippen LogP contribution >= 0.6 is 0 Å². The molecule has 1 aromatic heterocycles. The standard InChI is InChI=1S/C18H20N2O/c1-12-8-9-17(19-11-12)13(2)20-18(21)16-10-15(16)14-6-4-3-5-7-14/h3-9,11,13,15-16H,10H2,1-2H3,(H,20,21). The van der Waals surface area contributed by atoms with Crippen molar-refractivity contribution in [1.82, 2.24) is 10.3 Å². The van der Waals surface area contributed by atoms with Crippen LogP contribution in [0.15, 0.2) is 48.7 Å². The maximum absolute atomic E-state index is 12.3. The van der Waals surface area contributed by atoms with E-state index >= 15 is 0 Å². The fourth-order valence-electron chi connectivity index (χ4n) is 2.68. The number of hydrogen-bond acceptors (Lipinski definition) is 2. The average Bonchev–Trinajstić information content (AvgIpc) is 3.29. The maximum atomic E-state index is 12.3. The minimum atomic E-state index is -0.0462. The van der Waals surface area contributed by atoms with Gasteiger partial charge in [-0.1, -0.05) is 36.4 Å². The summed E-state index contributed by atoms with van der Waals surface area (Å²) in [6, 6.07) is 14.2. The molecule has 1 heterocycles. The molecule has 1 saturated carbocycles. The molecule has 1 fully saturated rings. The van der Waals surface area contributed by atoms with Crippen LogP contribution in [0.4, 0.5) is 0 Å². The largest absolute Gasteiger partial charge is 0.348 e. The molecule has 21 heavy (non-hydrogen) atoms. The van der Waals surface area contributed by atoms with Gasteiger partial charge in [-0.2, -0.15) is 0 Å². The molecule has 0 spiro atoms. The van der Waals surface area contributed by atoms with Gasteiger partial charge >= 0.3 is 0 Å². The third-order valence-electron chi connectivity index (χ3n) is 4.09. The first kappa shape index (κ1) is 13.8. The highest BCUT2D eigenvalue weighted by Crippen LogP contribution is 2.47. The van der Waals surface area contributed by atoms with E-state index in [9.17, 15) is 4.79 Å². The third kappa shape index (κ3) is 3.13. The summed E-state index contributed by atoms with van der Waals surface area (Å²) in [5.74, 6) is 0.628.